The van der Waals surface area contributed by atoms with Crippen LogP contribution in [-0.2, 0) is 0 Å². The third kappa shape index (κ3) is 4.48. The minimum Gasteiger partial charge on any atom is -0.371 e. The first kappa shape index (κ1) is 20.4. The molecule has 2 aromatic rings. The third-order valence-corrected chi connectivity index (χ3v) is 5.96. The zero-order valence-electron chi connectivity index (χ0n) is 17.0. The number of carbonyl (C=O) groups excluding carboxylic acids is 1. The van der Waals surface area contributed by atoms with E-state index >= 15 is 0 Å². The molecule has 30 heavy (non-hydrogen) atoms. The first-order valence-corrected chi connectivity index (χ1v) is 10.7. The Morgan fingerprint density at radius 2 is 1.87 bits per heavy atom. The Hall–Kier alpha value is -2.87. The van der Waals surface area contributed by atoms with E-state index in [1.54, 1.807) is 0 Å². The van der Waals surface area contributed by atoms with Crippen molar-refractivity contribution in [3.63, 3.8) is 0 Å². The van der Waals surface area contributed by atoms with E-state index in [0.717, 1.165) is 56.2 Å². The lowest BCUT2D eigenvalue weighted by Crippen LogP contribution is -2.43. The number of halogens is 1. The van der Waals surface area contributed by atoms with E-state index in [4.69, 9.17) is 11.5 Å². The molecule has 6 N–H and O–H groups in total. The molecule has 1 aliphatic heterocycles. The number of carbonyl (C=O) groups is 1. The van der Waals surface area contributed by atoms with Crippen LogP contribution in [0.5, 0.6) is 0 Å². The number of aromatic nitrogens is 1. The second-order valence-corrected chi connectivity index (χ2v) is 8.15. The number of nitrogens with one attached hydrogen (secondary N) is 2. The Morgan fingerprint density at radius 3 is 2.60 bits per heavy atom. The number of nitrogens with two attached hydrogens (primary N) is 2. The van der Waals surface area contributed by atoms with Crippen LogP contribution in [0.1, 0.15) is 48.9 Å². The van der Waals surface area contributed by atoms with Gasteiger partial charge in [0.15, 0.2) is 11.6 Å². The highest BCUT2D eigenvalue weighted by Crippen LogP contribution is 2.29. The molecule has 7 nitrogen and oxygen atoms in total. The van der Waals surface area contributed by atoms with Gasteiger partial charge in [-0.25, -0.2) is 9.37 Å². The van der Waals surface area contributed by atoms with Crippen molar-refractivity contribution in [1.29, 1.82) is 0 Å². The number of primary amides is 1. The van der Waals surface area contributed by atoms with Gasteiger partial charge >= 0.3 is 0 Å². The average molecular weight is 413 g/mol. The lowest BCUT2D eigenvalue weighted by Gasteiger charge is -2.30. The predicted octanol–water partition coefficient (Wildman–Crippen LogP) is 3.35. The Bertz CT molecular complexity index is 914. The summed E-state index contributed by atoms with van der Waals surface area (Å²) in [5, 5.41) is 6.29. The SMILES string of the molecule is NC(=O)c1cc(F)c(N[C@@H]2CCCC[C@@H]2N)nc1Nc1cccc(N2CCCC2)c1. The second-order valence-electron chi connectivity index (χ2n) is 8.15. The third-order valence-electron chi connectivity index (χ3n) is 5.96. The first-order chi connectivity index (χ1) is 14.5. The van der Waals surface area contributed by atoms with Gasteiger partial charge in [0.2, 0.25) is 0 Å². The minimum absolute atomic E-state index is 0.0116. The molecule has 1 aromatic carbocycles. The Balaban J connectivity index is 1.61. The lowest BCUT2D eigenvalue weighted by molar-refractivity contribution is 0.100. The molecule has 2 fully saturated rings. The molecule has 2 aliphatic rings. The van der Waals surface area contributed by atoms with Crippen molar-refractivity contribution in [2.24, 2.45) is 11.5 Å². The van der Waals surface area contributed by atoms with Gasteiger partial charge in [0.25, 0.3) is 5.91 Å². The molecular weight excluding hydrogens is 383 g/mol. The number of pyridine rings is 1. The smallest absolute Gasteiger partial charge is 0.252 e. The maximum absolute atomic E-state index is 14.7. The molecule has 0 radical (unpaired) electrons. The summed E-state index contributed by atoms with van der Waals surface area (Å²) in [7, 11) is 0. The Labute approximate surface area is 176 Å². The van der Waals surface area contributed by atoms with Crippen LogP contribution >= 0.6 is 0 Å². The fourth-order valence-corrected chi connectivity index (χ4v) is 4.28. The van der Waals surface area contributed by atoms with Crippen LogP contribution in [0.15, 0.2) is 30.3 Å². The normalized spacial score (nSPS) is 21.5. The maximum atomic E-state index is 14.7. The zero-order valence-corrected chi connectivity index (χ0v) is 17.0. The topological polar surface area (TPSA) is 109 Å². The molecule has 2 heterocycles. The van der Waals surface area contributed by atoms with E-state index in [-0.39, 0.29) is 29.3 Å². The number of rotatable bonds is 6. The largest absolute Gasteiger partial charge is 0.371 e. The summed E-state index contributed by atoms with van der Waals surface area (Å²) in [5.41, 5.74) is 13.6. The van der Waals surface area contributed by atoms with E-state index in [2.05, 4.69) is 26.6 Å². The molecule has 4 rings (SSSR count). The van der Waals surface area contributed by atoms with Gasteiger partial charge in [0.05, 0.1) is 5.56 Å². The number of benzene rings is 1. The van der Waals surface area contributed by atoms with Crippen molar-refractivity contribution in [3.8, 4) is 0 Å². The molecular formula is C22H29FN6O. The van der Waals surface area contributed by atoms with Crippen LogP contribution in [0.4, 0.5) is 27.4 Å². The standard InChI is InChI=1S/C22H29FN6O/c23-17-13-16(20(25)30)21(28-22(17)27-19-9-2-1-8-18(19)24)26-14-6-5-7-15(12-14)29-10-3-4-11-29/h5-7,12-13,18-19H,1-4,8-11,24H2,(H2,25,30)(H2,26,27,28)/t18-,19+/m0/s1. The van der Waals surface area contributed by atoms with Gasteiger partial charge in [-0.2, -0.15) is 0 Å². The summed E-state index contributed by atoms with van der Waals surface area (Å²) in [6.07, 6.45) is 6.24. The summed E-state index contributed by atoms with van der Waals surface area (Å²) >= 11 is 0. The van der Waals surface area contributed by atoms with E-state index in [1.165, 1.54) is 12.8 Å². The molecule has 2 atom stereocenters. The average Bonchev–Trinajstić information content (AvgIpc) is 3.27. The lowest BCUT2D eigenvalue weighted by atomic mass is 9.91. The summed E-state index contributed by atoms with van der Waals surface area (Å²) in [6, 6.07) is 8.93. The Morgan fingerprint density at radius 1 is 1.10 bits per heavy atom. The van der Waals surface area contributed by atoms with Crippen molar-refractivity contribution in [2.45, 2.75) is 50.6 Å². The van der Waals surface area contributed by atoms with Crippen LogP contribution in [0.3, 0.4) is 0 Å². The molecule has 1 saturated carbocycles. The van der Waals surface area contributed by atoms with Crippen LogP contribution in [0, 0.1) is 5.82 Å². The van der Waals surface area contributed by atoms with Crippen molar-refractivity contribution >= 4 is 28.9 Å². The van der Waals surface area contributed by atoms with E-state index < -0.39 is 11.7 Å². The number of amides is 1. The van der Waals surface area contributed by atoms with Gasteiger partial charge in [-0.05, 0) is 49.9 Å². The molecule has 0 bridgehead atoms. The van der Waals surface area contributed by atoms with Crippen LogP contribution < -0.4 is 27.0 Å². The van der Waals surface area contributed by atoms with Crippen molar-refractivity contribution in [1.82, 2.24) is 4.98 Å². The summed E-state index contributed by atoms with van der Waals surface area (Å²) in [5.74, 6) is -1.03. The van der Waals surface area contributed by atoms with Gasteiger partial charge in [-0.15, -0.1) is 0 Å². The number of hydrogen-bond donors (Lipinski definition) is 4. The van der Waals surface area contributed by atoms with Crippen molar-refractivity contribution < 1.29 is 9.18 Å². The van der Waals surface area contributed by atoms with Gasteiger partial charge < -0.3 is 27.0 Å². The van der Waals surface area contributed by atoms with E-state index in [0.29, 0.717) is 0 Å². The van der Waals surface area contributed by atoms with Gasteiger partial charge in [-0.3, -0.25) is 4.79 Å². The molecule has 1 saturated heterocycles. The molecule has 1 aromatic heterocycles. The summed E-state index contributed by atoms with van der Waals surface area (Å²) in [4.78, 5) is 18.6. The predicted molar refractivity (Wildman–Crippen MR) is 118 cm³/mol. The van der Waals surface area contributed by atoms with Gasteiger partial charge in [0, 0.05) is 36.5 Å². The zero-order chi connectivity index (χ0) is 21.1. The van der Waals surface area contributed by atoms with Crippen LogP contribution in [0.25, 0.3) is 0 Å². The van der Waals surface area contributed by atoms with Crippen LogP contribution in [-0.4, -0.2) is 36.1 Å². The van der Waals surface area contributed by atoms with Crippen LogP contribution in [0.2, 0.25) is 0 Å². The highest BCUT2D eigenvalue weighted by atomic mass is 19.1. The molecule has 0 spiro atoms. The van der Waals surface area contributed by atoms with Crippen molar-refractivity contribution in [3.05, 3.63) is 41.7 Å². The van der Waals surface area contributed by atoms with E-state index in [9.17, 15) is 9.18 Å². The molecule has 1 amide bonds. The Kier molecular flexibility index (Phi) is 6.03. The summed E-state index contributed by atoms with van der Waals surface area (Å²) in [6.45, 7) is 2.06. The van der Waals surface area contributed by atoms with Crippen molar-refractivity contribution in [2.75, 3.05) is 28.6 Å². The highest BCUT2D eigenvalue weighted by Gasteiger charge is 2.24. The minimum atomic E-state index is -0.736. The molecule has 0 unspecified atom stereocenters. The fraction of sp³-hybridized carbons (Fsp3) is 0.455. The molecule has 1 aliphatic carbocycles. The quantitative estimate of drug-likeness (QED) is 0.579. The molecule has 160 valence electrons. The van der Waals surface area contributed by atoms with E-state index in [1.807, 2.05) is 18.2 Å². The maximum Gasteiger partial charge on any atom is 0.252 e. The second kappa shape index (κ2) is 8.87. The number of anilines is 4. The fourth-order valence-electron chi connectivity index (χ4n) is 4.28. The van der Waals surface area contributed by atoms with Gasteiger partial charge in [-0.1, -0.05) is 18.9 Å². The molecule has 8 heteroatoms. The first-order valence-electron chi connectivity index (χ1n) is 10.7. The highest BCUT2D eigenvalue weighted by molar-refractivity contribution is 5.98. The van der Waals surface area contributed by atoms with Gasteiger partial charge in [0.1, 0.15) is 5.82 Å². The number of hydrogen-bond acceptors (Lipinski definition) is 6. The number of nitrogens with zero attached hydrogens (tertiary/aromatic N) is 2. The monoisotopic (exact) mass is 412 g/mol. The summed E-state index contributed by atoms with van der Waals surface area (Å²) < 4.78 is 14.7.